The number of benzene rings is 1. The second-order valence-electron chi connectivity index (χ2n) is 15.8. The Kier molecular flexibility index (Phi) is 9.90. The Labute approximate surface area is 307 Å². The number of nitrogens with zero attached hydrogens (tertiary/aromatic N) is 3. The number of hydrogen-bond acceptors (Lipinski definition) is 9. The van der Waals surface area contributed by atoms with Crippen molar-refractivity contribution in [3.8, 4) is 0 Å². The first-order valence-corrected chi connectivity index (χ1v) is 20.3. The molecule has 0 radical (unpaired) electrons. The zero-order chi connectivity index (χ0) is 37.2. The van der Waals surface area contributed by atoms with Gasteiger partial charge in [-0.1, -0.05) is 71.7 Å². The van der Waals surface area contributed by atoms with Crippen LogP contribution in [0.5, 0.6) is 0 Å². The van der Waals surface area contributed by atoms with Crippen LogP contribution in [0.4, 0.5) is 9.93 Å². The second kappa shape index (κ2) is 13.5. The summed E-state index contributed by atoms with van der Waals surface area (Å²) in [5.41, 5.74) is -0.653. The number of sulfonamides is 1. The van der Waals surface area contributed by atoms with Crippen molar-refractivity contribution in [3.63, 3.8) is 0 Å². The molecule has 1 unspecified atom stereocenters. The number of fused-ring (bicyclic) bond motifs is 1. The maximum absolute atomic E-state index is 14.8. The van der Waals surface area contributed by atoms with Gasteiger partial charge in [0.2, 0.25) is 21.8 Å². The largest absolute Gasteiger partial charge is 0.465 e. The Balaban J connectivity index is 1.34. The molecule has 1 aromatic carbocycles. The highest BCUT2D eigenvalue weighted by molar-refractivity contribution is 7.91. The van der Waals surface area contributed by atoms with Gasteiger partial charge in [0, 0.05) is 28.6 Å². The van der Waals surface area contributed by atoms with Crippen molar-refractivity contribution in [2.45, 2.75) is 115 Å². The molecular formula is C35H47ClN6O7S2. The number of anilines is 1. The van der Waals surface area contributed by atoms with Crippen molar-refractivity contribution in [2.75, 3.05) is 11.9 Å². The Morgan fingerprint density at radius 3 is 2.43 bits per heavy atom. The van der Waals surface area contributed by atoms with Gasteiger partial charge in [-0.2, -0.15) is 0 Å². The molecule has 0 bridgehead atoms. The number of aromatic nitrogens is 1. The van der Waals surface area contributed by atoms with Crippen LogP contribution in [0.15, 0.2) is 24.4 Å². The second-order valence-corrected chi connectivity index (χ2v) is 19.2. The van der Waals surface area contributed by atoms with Gasteiger partial charge in [0.15, 0.2) is 5.13 Å². The smallest absolute Gasteiger partial charge is 0.408 e. The molecule has 2 aromatic rings. The lowest BCUT2D eigenvalue weighted by molar-refractivity contribution is -0.141. The van der Waals surface area contributed by atoms with Gasteiger partial charge in [-0.3, -0.25) is 24.0 Å². The third-order valence-corrected chi connectivity index (χ3v) is 14.2. The summed E-state index contributed by atoms with van der Waals surface area (Å²) in [7, 11) is -3.87. The summed E-state index contributed by atoms with van der Waals surface area (Å²) in [5, 5.41) is 16.9. The average Bonchev–Trinajstić information content (AvgIpc) is 3.86. The predicted octanol–water partition coefficient (Wildman–Crippen LogP) is 5.09. The summed E-state index contributed by atoms with van der Waals surface area (Å²) >= 11 is 7.98. The number of rotatable bonds is 11. The zero-order valence-corrected chi connectivity index (χ0v) is 32.1. The third kappa shape index (κ3) is 7.17. The average molecular weight is 763 g/mol. The van der Waals surface area contributed by atoms with Crippen molar-refractivity contribution >= 4 is 61.9 Å². The van der Waals surface area contributed by atoms with E-state index in [9.17, 15) is 32.7 Å². The predicted molar refractivity (Wildman–Crippen MR) is 194 cm³/mol. The zero-order valence-electron chi connectivity index (χ0n) is 29.7. The van der Waals surface area contributed by atoms with Crippen LogP contribution >= 0.6 is 22.9 Å². The molecule has 4 amide bonds. The van der Waals surface area contributed by atoms with Gasteiger partial charge in [0.25, 0.3) is 5.91 Å². The standard InChI is InChI=1S/C35H47ClN6O7S2/c1-7-20-14-35(20,31(45)40-51(48,49)21-11-12-21)39-29(43)25-13-19(27-22-9-8-10-24(36)23(22)17-42(27)33(46)47)16-41(25)30(44)28(34(4,5)6)38-32-37-15-26(50-32)18(2)3/h8-10,15,18-21,25,27-28H,7,11-14,16-17H2,1-6H3,(H,37,38)(H,39,43)(H,40,45)(H,46,47)/t19-,20-,25+,27?,28-,35-/m1/s1. The highest BCUT2D eigenvalue weighted by atomic mass is 35.5. The van der Waals surface area contributed by atoms with Crippen molar-refractivity contribution in [1.82, 2.24) is 24.8 Å². The normalized spacial score (nSPS) is 26.5. The van der Waals surface area contributed by atoms with Crippen LogP contribution in [0.25, 0.3) is 0 Å². The number of halogens is 1. The molecule has 2 aliphatic carbocycles. The summed E-state index contributed by atoms with van der Waals surface area (Å²) in [5.74, 6) is -2.25. The van der Waals surface area contributed by atoms with E-state index in [2.05, 4.69) is 34.2 Å². The number of likely N-dealkylation sites (tertiary alicyclic amines) is 1. The minimum atomic E-state index is -3.87. The lowest BCUT2D eigenvalue weighted by atomic mass is 9.85. The quantitative estimate of drug-likeness (QED) is 0.243. The number of amides is 4. The van der Waals surface area contributed by atoms with Crippen LogP contribution in [0, 0.1) is 17.3 Å². The Hall–Kier alpha value is -3.43. The van der Waals surface area contributed by atoms with Crippen LogP contribution in [-0.2, 0) is 31.0 Å². The first kappa shape index (κ1) is 37.3. The van der Waals surface area contributed by atoms with Gasteiger partial charge in [-0.25, -0.2) is 18.2 Å². The molecule has 1 saturated heterocycles. The van der Waals surface area contributed by atoms with Crippen LogP contribution < -0.4 is 15.4 Å². The molecule has 3 fully saturated rings. The van der Waals surface area contributed by atoms with Crippen LogP contribution in [0.2, 0.25) is 5.02 Å². The highest BCUT2D eigenvalue weighted by Crippen LogP contribution is 2.49. The molecule has 1 aromatic heterocycles. The van der Waals surface area contributed by atoms with Crippen LogP contribution in [0.3, 0.4) is 0 Å². The lowest BCUT2D eigenvalue weighted by Gasteiger charge is -2.36. The van der Waals surface area contributed by atoms with Gasteiger partial charge in [-0.15, -0.1) is 11.3 Å². The van der Waals surface area contributed by atoms with Crippen LogP contribution in [0.1, 0.15) is 102 Å². The van der Waals surface area contributed by atoms with Crippen molar-refractivity contribution in [3.05, 3.63) is 45.4 Å². The molecule has 3 heterocycles. The van der Waals surface area contributed by atoms with Crippen molar-refractivity contribution in [1.29, 1.82) is 0 Å². The number of carbonyl (C=O) groups excluding carboxylic acids is 3. The number of carboxylic acid groups (broad SMARTS) is 1. The first-order chi connectivity index (χ1) is 23.9. The number of hydrogen-bond donors (Lipinski definition) is 4. The molecular weight excluding hydrogens is 716 g/mol. The van der Waals surface area contributed by atoms with Gasteiger partial charge in [0.1, 0.15) is 17.6 Å². The molecule has 0 spiro atoms. The fourth-order valence-electron chi connectivity index (χ4n) is 7.59. The maximum Gasteiger partial charge on any atom is 0.408 e. The van der Waals surface area contributed by atoms with E-state index in [1.165, 1.54) is 21.1 Å². The fraction of sp³-hybridized carbons (Fsp3) is 0.629. The molecule has 6 rings (SSSR count). The number of carbonyl (C=O) groups is 4. The van der Waals surface area contributed by atoms with Gasteiger partial charge in [-0.05, 0) is 60.1 Å². The minimum absolute atomic E-state index is 0.0627. The minimum Gasteiger partial charge on any atom is -0.465 e. The summed E-state index contributed by atoms with van der Waals surface area (Å²) in [4.78, 5) is 63.8. The summed E-state index contributed by atoms with van der Waals surface area (Å²) in [6, 6.07) is 2.74. The van der Waals surface area contributed by atoms with Gasteiger partial charge < -0.3 is 20.6 Å². The lowest BCUT2D eigenvalue weighted by Crippen LogP contribution is -2.58. The number of thiazole rings is 1. The van der Waals surface area contributed by atoms with E-state index >= 15 is 0 Å². The number of nitrogens with one attached hydrogen (secondary N) is 3. The summed E-state index contributed by atoms with van der Waals surface area (Å²) in [6.07, 6.45) is 2.49. The fourth-order valence-corrected chi connectivity index (χ4v) is 10.0. The monoisotopic (exact) mass is 762 g/mol. The van der Waals surface area contributed by atoms with E-state index in [0.717, 1.165) is 10.4 Å². The SMILES string of the molecule is CC[C@@H]1C[C@]1(NC(=O)[C@@H]1C[C@@H](C2c3cccc(Cl)c3CN2C(=O)O)CN1C(=O)[C@@H](Nc1ncc(C(C)C)s1)C(C)(C)C)C(=O)NS(=O)(=O)C1CC1. The molecule has 278 valence electrons. The Morgan fingerprint density at radius 1 is 1.16 bits per heavy atom. The summed E-state index contributed by atoms with van der Waals surface area (Å²) in [6.45, 7) is 11.9. The van der Waals surface area contributed by atoms with Gasteiger partial charge >= 0.3 is 6.09 Å². The molecule has 4 aliphatic rings. The third-order valence-electron chi connectivity index (χ3n) is 10.8. The Bertz CT molecular complexity index is 1840. The molecule has 2 aliphatic heterocycles. The topological polar surface area (TPSA) is 178 Å². The first-order valence-electron chi connectivity index (χ1n) is 17.6. The molecule has 51 heavy (non-hydrogen) atoms. The summed E-state index contributed by atoms with van der Waals surface area (Å²) < 4.78 is 27.7. The van der Waals surface area contributed by atoms with E-state index in [1.807, 2.05) is 33.8 Å². The van der Waals surface area contributed by atoms with Crippen molar-refractivity contribution in [2.24, 2.45) is 17.3 Å². The Morgan fingerprint density at radius 2 is 1.86 bits per heavy atom. The molecule has 13 nitrogen and oxygen atoms in total. The highest BCUT2D eigenvalue weighted by Gasteiger charge is 2.62. The van der Waals surface area contributed by atoms with E-state index in [0.29, 0.717) is 35.0 Å². The molecule has 6 atom stereocenters. The maximum atomic E-state index is 14.8. The molecule has 4 N–H and O–H groups in total. The van der Waals surface area contributed by atoms with E-state index < -0.39 is 68.2 Å². The van der Waals surface area contributed by atoms with E-state index in [-0.39, 0.29) is 43.7 Å². The van der Waals surface area contributed by atoms with Crippen molar-refractivity contribution < 1.29 is 32.7 Å². The van der Waals surface area contributed by atoms with E-state index in [4.69, 9.17) is 11.6 Å². The molecule has 2 saturated carbocycles. The molecule has 16 heteroatoms. The van der Waals surface area contributed by atoms with Gasteiger partial charge in [0.05, 0.1) is 17.8 Å². The van der Waals surface area contributed by atoms with Crippen LogP contribution in [-0.4, -0.2) is 81.5 Å². The van der Waals surface area contributed by atoms with E-state index in [1.54, 1.807) is 18.3 Å².